The number of hydrogen-bond acceptors (Lipinski definition) is 4. The molecule has 1 fully saturated rings. The molecule has 2 rings (SSSR count). The minimum atomic E-state index is 0.646. The highest BCUT2D eigenvalue weighted by Gasteiger charge is 2.12. The Hall–Kier alpha value is -0.810. The lowest BCUT2D eigenvalue weighted by Gasteiger charge is -2.18. The van der Waals surface area contributed by atoms with Crippen molar-refractivity contribution in [3.8, 4) is 5.75 Å². The van der Waals surface area contributed by atoms with Gasteiger partial charge in [0.15, 0.2) is 5.75 Å². The summed E-state index contributed by atoms with van der Waals surface area (Å²) >= 11 is 3.37. The zero-order valence-electron chi connectivity index (χ0n) is 9.37. The third-order valence-corrected chi connectivity index (χ3v) is 3.10. The first-order chi connectivity index (χ1) is 7.79. The lowest BCUT2D eigenvalue weighted by atomic mass is 10.4. The van der Waals surface area contributed by atoms with Gasteiger partial charge in [0.1, 0.15) is 4.60 Å². The molecule has 0 aliphatic carbocycles. The molecule has 0 spiro atoms. The van der Waals surface area contributed by atoms with Gasteiger partial charge in [0.25, 0.3) is 0 Å². The Morgan fingerprint density at radius 3 is 2.94 bits per heavy atom. The molecule has 0 saturated carbocycles. The molecule has 1 saturated heterocycles. The van der Waals surface area contributed by atoms with E-state index in [1.165, 1.54) is 12.8 Å². The van der Waals surface area contributed by atoms with Crippen molar-refractivity contribution in [3.05, 3.63) is 16.9 Å². The fraction of sp³-hybridized carbons (Fsp3) is 0.545. The average molecular weight is 286 g/mol. The van der Waals surface area contributed by atoms with Crippen molar-refractivity contribution in [2.45, 2.75) is 19.8 Å². The van der Waals surface area contributed by atoms with Crippen molar-refractivity contribution in [3.63, 3.8) is 0 Å². The van der Waals surface area contributed by atoms with Gasteiger partial charge in [-0.1, -0.05) is 0 Å². The Morgan fingerprint density at radius 2 is 2.25 bits per heavy atom. The van der Waals surface area contributed by atoms with Crippen LogP contribution in [0.25, 0.3) is 0 Å². The maximum atomic E-state index is 5.47. The van der Waals surface area contributed by atoms with E-state index < -0.39 is 0 Å². The minimum absolute atomic E-state index is 0.646. The van der Waals surface area contributed by atoms with Crippen molar-refractivity contribution in [1.82, 2.24) is 9.99 Å². The first-order valence-electron chi connectivity index (χ1n) is 5.59. The number of hydrazine groups is 1. The standard InChI is InChI=1S/C11H16BrN3O/c1-2-16-10-7-9(8-13-11(10)12)14-15-5-3-4-6-15/h7-8,14H,2-6H2,1H3. The molecule has 0 aromatic carbocycles. The fourth-order valence-electron chi connectivity index (χ4n) is 1.76. The molecule has 2 heterocycles. The van der Waals surface area contributed by atoms with Crippen LogP contribution in [0.3, 0.4) is 0 Å². The topological polar surface area (TPSA) is 37.4 Å². The van der Waals surface area contributed by atoms with Gasteiger partial charge >= 0.3 is 0 Å². The van der Waals surface area contributed by atoms with E-state index in [1.54, 1.807) is 0 Å². The second-order valence-corrected chi connectivity index (χ2v) is 4.50. The van der Waals surface area contributed by atoms with Crippen LogP contribution < -0.4 is 10.2 Å². The molecule has 4 nitrogen and oxygen atoms in total. The van der Waals surface area contributed by atoms with Crippen LogP contribution >= 0.6 is 15.9 Å². The molecule has 5 heteroatoms. The summed E-state index contributed by atoms with van der Waals surface area (Å²) in [5.74, 6) is 0.784. The predicted octanol–water partition coefficient (Wildman–Crippen LogP) is 2.67. The molecule has 16 heavy (non-hydrogen) atoms. The van der Waals surface area contributed by atoms with E-state index in [9.17, 15) is 0 Å². The van der Waals surface area contributed by atoms with E-state index in [-0.39, 0.29) is 0 Å². The van der Waals surface area contributed by atoms with Gasteiger partial charge in [0.05, 0.1) is 18.5 Å². The van der Waals surface area contributed by atoms with Gasteiger partial charge in [0, 0.05) is 19.2 Å². The second-order valence-electron chi connectivity index (χ2n) is 3.75. The quantitative estimate of drug-likeness (QED) is 0.863. The number of nitrogens with zero attached hydrogens (tertiary/aromatic N) is 2. The number of halogens is 1. The normalized spacial score (nSPS) is 16.4. The molecular weight excluding hydrogens is 270 g/mol. The summed E-state index contributed by atoms with van der Waals surface area (Å²) in [5, 5.41) is 2.21. The fourth-order valence-corrected chi connectivity index (χ4v) is 2.09. The van der Waals surface area contributed by atoms with Gasteiger partial charge in [0.2, 0.25) is 0 Å². The molecule has 1 aliphatic heterocycles. The second kappa shape index (κ2) is 5.50. The van der Waals surface area contributed by atoms with E-state index in [2.05, 4.69) is 31.3 Å². The van der Waals surface area contributed by atoms with Crippen LogP contribution in [0.1, 0.15) is 19.8 Å². The van der Waals surface area contributed by atoms with E-state index in [0.717, 1.165) is 29.1 Å². The Bertz CT molecular complexity index is 353. The van der Waals surface area contributed by atoms with Crippen LogP contribution in [0.5, 0.6) is 5.75 Å². The molecule has 0 radical (unpaired) electrons. The molecule has 0 bridgehead atoms. The van der Waals surface area contributed by atoms with Gasteiger partial charge in [-0.25, -0.2) is 9.99 Å². The van der Waals surface area contributed by atoms with Crippen LogP contribution in [0.2, 0.25) is 0 Å². The molecule has 1 N–H and O–H groups in total. The highest BCUT2D eigenvalue weighted by atomic mass is 79.9. The number of hydrogen-bond donors (Lipinski definition) is 1. The van der Waals surface area contributed by atoms with Crippen LogP contribution in [0.4, 0.5) is 5.69 Å². The maximum Gasteiger partial charge on any atom is 0.154 e. The number of aromatic nitrogens is 1. The average Bonchev–Trinajstić information content (AvgIpc) is 2.76. The van der Waals surface area contributed by atoms with Crippen molar-refractivity contribution < 1.29 is 4.74 Å². The molecule has 0 unspecified atom stereocenters. The molecular formula is C11H16BrN3O. The van der Waals surface area contributed by atoms with Crippen LogP contribution in [-0.2, 0) is 0 Å². The van der Waals surface area contributed by atoms with Gasteiger partial charge < -0.3 is 10.2 Å². The lowest BCUT2D eigenvalue weighted by molar-refractivity contribution is 0.336. The smallest absolute Gasteiger partial charge is 0.154 e. The number of anilines is 1. The number of rotatable bonds is 4. The van der Waals surface area contributed by atoms with Gasteiger partial charge in [-0.2, -0.15) is 0 Å². The molecule has 0 atom stereocenters. The van der Waals surface area contributed by atoms with Gasteiger partial charge in [-0.15, -0.1) is 0 Å². The van der Waals surface area contributed by atoms with E-state index in [1.807, 2.05) is 19.2 Å². The third kappa shape index (κ3) is 2.86. The van der Waals surface area contributed by atoms with Crippen molar-refractivity contribution in [2.75, 3.05) is 25.1 Å². The highest BCUT2D eigenvalue weighted by Crippen LogP contribution is 2.26. The van der Waals surface area contributed by atoms with E-state index in [4.69, 9.17) is 4.74 Å². The largest absolute Gasteiger partial charge is 0.491 e. The Balaban J connectivity index is 2.05. The first kappa shape index (κ1) is 11.7. The minimum Gasteiger partial charge on any atom is -0.491 e. The van der Waals surface area contributed by atoms with Crippen molar-refractivity contribution in [2.24, 2.45) is 0 Å². The summed E-state index contributed by atoms with van der Waals surface area (Å²) in [6.07, 6.45) is 4.33. The summed E-state index contributed by atoms with van der Waals surface area (Å²) in [4.78, 5) is 4.24. The number of nitrogens with one attached hydrogen (secondary N) is 1. The number of pyridine rings is 1. The van der Waals surface area contributed by atoms with Gasteiger partial charge in [-0.05, 0) is 35.7 Å². The summed E-state index contributed by atoms with van der Waals surface area (Å²) in [7, 11) is 0. The SMILES string of the molecule is CCOc1cc(NN2CCCC2)cnc1Br. The summed E-state index contributed by atoms with van der Waals surface area (Å²) < 4.78 is 6.23. The Kier molecular flexibility index (Phi) is 4.01. The van der Waals surface area contributed by atoms with Crippen molar-refractivity contribution >= 4 is 21.6 Å². The van der Waals surface area contributed by atoms with E-state index in [0.29, 0.717) is 6.61 Å². The molecule has 0 amide bonds. The predicted molar refractivity (Wildman–Crippen MR) is 67.5 cm³/mol. The zero-order chi connectivity index (χ0) is 11.4. The molecule has 1 aromatic rings. The van der Waals surface area contributed by atoms with E-state index >= 15 is 0 Å². The number of ether oxygens (including phenoxy) is 1. The van der Waals surface area contributed by atoms with Gasteiger partial charge in [-0.3, -0.25) is 0 Å². The monoisotopic (exact) mass is 285 g/mol. The lowest BCUT2D eigenvalue weighted by Crippen LogP contribution is -2.26. The van der Waals surface area contributed by atoms with Crippen LogP contribution in [-0.4, -0.2) is 29.7 Å². The first-order valence-corrected chi connectivity index (χ1v) is 6.39. The Labute approximate surface area is 104 Å². The molecule has 1 aromatic heterocycles. The summed E-state index contributed by atoms with van der Waals surface area (Å²) in [5.41, 5.74) is 4.32. The zero-order valence-corrected chi connectivity index (χ0v) is 11.0. The third-order valence-electron chi connectivity index (χ3n) is 2.50. The van der Waals surface area contributed by atoms with Crippen LogP contribution in [0.15, 0.2) is 16.9 Å². The van der Waals surface area contributed by atoms with Crippen molar-refractivity contribution in [1.29, 1.82) is 0 Å². The molecule has 1 aliphatic rings. The highest BCUT2D eigenvalue weighted by molar-refractivity contribution is 9.10. The summed E-state index contributed by atoms with van der Waals surface area (Å²) in [6.45, 7) is 4.81. The summed E-state index contributed by atoms with van der Waals surface area (Å²) in [6, 6.07) is 1.97. The molecule has 88 valence electrons. The van der Waals surface area contributed by atoms with Crippen LogP contribution in [0, 0.1) is 0 Å². The Morgan fingerprint density at radius 1 is 1.50 bits per heavy atom. The maximum absolute atomic E-state index is 5.47.